The number of nitrogens with zero attached hydrogens (tertiary/aromatic N) is 1. The fourth-order valence-electron chi connectivity index (χ4n) is 3.15. The monoisotopic (exact) mass is 352 g/mol. The maximum Gasteiger partial charge on any atom is 0.411 e. The molecule has 0 aliphatic carbocycles. The molecule has 0 spiro atoms. The van der Waals surface area contributed by atoms with E-state index in [2.05, 4.69) is 10.2 Å². The fraction of sp³-hybridized carbons (Fsp3) is 0.333. The molecule has 0 unspecified atom stereocenters. The van der Waals surface area contributed by atoms with E-state index in [1.54, 1.807) is 0 Å². The van der Waals surface area contributed by atoms with Gasteiger partial charge in [-0.05, 0) is 31.5 Å². The summed E-state index contributed by atoms with van der Waals surface area (Å²) in [6, 6.07) is 18.7. The van der Waals surface area contributed by atoms with E-state index in [4.69, 9.17) is 4.74 Å². The van der Waals surface area contributed by atoms with Gasteiger partial charge in [0.15, 0.2) is 5.78 Å². The van der Waals surface area contributed by atoms with Crippen LogP contribution in [0.2, 0.25) is 0 Å². The molecule has 1 fully saturated rings. The molecule has 1 N–H and O–H groups in total. The molecule has 3 rings (SSSR count). The Morgan fingerprint density at radius 3 is 2.46 bits per heavy atom. The summed E-state index contributed by atoms with van der Waals surface area (Å²) in [6.45, 7) is 2.46. The summed E-state index contributed by atoms with van der Waals surface area (Å²) in [5.41, 5.74) is 1.50. The summed E-state index contributed by atoms with van der Waals surface area (Å²) in [4.78, 5) is 26.3. The van der Waals surface area contributed by atoms with Crippen LogP contribution in [0, 0.1) is 0 Å². The lowest BCUT2D eigenvalue weighted by Crippen LogP contribution is -2.27. The van der Waals surface area contributed by atoms with Crippen molar-refractivity contribution in [1.29, 1.82) is 0 Å². The molecular weight excluding hydrogens is 328 g/mol. The number of anilines is 1. The summed E-state index contributed by atoms with van der Waals surface area (Å²) in [5, 5.41) is 2.74. The maximum absolute atomic E-state index is 12.1. The van der Waals surface area contributed by atoms with Gasteiger partial charge in [-0.3, -0.25) is 15.0 Å². The number of rotatable bonds is 7. The highest BCUT2D eigenvalue weighted by Crippen LogP contribution is 2.15. The lowest BCUT2D eigenvalue weighted by molar-refractivity contribution is 0.0974. The summed E-state index contributed by atoms with van der Waals surface area (Å²) in [7, 11) is 0. The standard InChI is InChI=1S/C21H24N2O3/c24-20(17-8-3-1-4-9-17)12-7-14-23-15-13-19(16-23)26-21(25)22-18-10-5-2-6-11-18/h1-6,8-11,19H,7,12-16H2,(H,22,25)/t19-/m1/s1. The van der Waals surface area contributed by atoms with Crippen molar-refractivity contribution in [2.45, 2.75) is 25.4 Å². The molecule has 26 heavy (non-hydrogen) atoms. The number of hydrogen-bond acceptors (Lipinski definition) is 4. The first-order valence-electron chi connectivity index (χ1n) is 9.04. The first-order valence-corrected chi connectivity index (χ1v) is 9.04. The quantitative estimate of drug-likeness (QED) is 0.766. The van der Waals surface area contributed by atoms with Gasteiger partial charge in [-0.1, -0.05) is 48.5 Å². The van der Waals surface area contributed by atoms with Crippen molar-refractivity contribution in [3.05, 3.63) is 66.2 Å². The average molecular weight is 352 g/mol. The normalized spacial score (nSPS) is 17.0. The molecule has 0 radical (unpaired) electrons. The Kier molecular flexibility index (Phi) is 6.39. The minimum absolute atomic E-state index is 0.0939. The van der Waals surface area contributed by atoms with Crippen LogP contribution in [0.15, 0.2) is 60.7 Å². The third kappa shape index (κ3) is 5.43. The van der Waals surface area contributed by atoms with Gasteiger partial charge in [-0.25, -0.2) is 4.79 Å². The van der Waals surface area contributed by atoms with E-state index in [1.807, 2.05) is 60.7 Å². The number of para-hydroxylation sites is 1. The van der Waals surface area contributed by atoms with E-state index < -0.39 is 6.09 Å². The van der Waals surface area contributed by atoms with Crippen LogP contribution in [0.4, 0.5) is 10.5 Å². The van der Waals surface area contributed by atoms with Gasteiger partial charge in [-0.2, -0.15) is 0 Å². The van der Waals surface area contributed by atoms with Crippen molar-refractivity contribution in [3.63, 3.8) is 0 Å². The summed E-state index contributed by atoms with van der Waals surface area (Å²) in [5.74, 6) is 0.180. The second-order valence-electron chi connectivity index (χ2n) is 6.50. The maximum atomic E-state index is 12.1. The number of nitrogens with one attached hydrogen (secondary N) is 1. The molecule has 1 aliphatic rings. The van der Waals surface area contributed by atoms with E-state index in [-0.39, 0.29) is 11.9 Å². The molecule has 0 bridgehead atoms. The van der Waals surface area contributed by atoms with E-state index in [0.29, 0.717) is 6.42 Å². The summed E-state index contributed by atoms with van der Waals surface area (Å²) < 4.78 is 5.48. The van der Waals surface area contributed by atoms with Crippen LogP contribution in [-0.2, 0) is 4.74 Å². The number of carbonyl (C=O) groups is 2. The number of Topliss-reactive ketones (excluding diaryl/α,β-unsaturated/α-hetero) is 1. The number of ether oxygens (including phenoxy) is 1. The molecule has 1 saturated heterocycles. The van der Waals surface area contributed by atoms with E-state index in [0.717, 1.165) is 43.7 Å². The van der Waals surface area contributed by atoms with Gasteiger partial charge in [0.1, 0.15) is 6.10 Å². The zero-order valence-corrected chi connectivity index (χ0v) is 14.8. The number of ketones is 1. The first kappa shape index (κ1) is 18.1. The molecule has 1 aliphatic heterocycles. The van der Waals surface area contributed by atoms with Gasteiger partial charge in [0.2, 0.25) is 0 Å². The number of benzene rings is 2. The Morgan fingerprint density at radius 1 is 1.04 bits per heavy atom. The zero-order valence-electron chi connectivity index (χ0n) is 14.8. The Balaban J connectivity index is 1.35. The lowest BCUT2D eigenvalue weighted by Gasteiger charge is -2.16. The zero-order chi connectivity index (χ0) is 18.2. The molecule has 5 nitrogen and oxygen atoms in total. The van der Waals surface area contributed by atoms with Gasteiger partial charge >= 0.3 is 6.09 Å². The van der Waals surface area contributed by atoms with Crippen LogP contribution in [0.1, 0.15) is 29.6 Å². The van der Waals surface area contributed by atoms with Gasteiger partial charge in [0.25, 0.3) is 0 Å². The van der Waals surface area contributed by atoms with Crippen molar-refractivity contribution >= 4 is 17.6 Å². The highest BCUT2D eigenvalue weighted by Gasteiger charge is 2.25. The Bertz CT molecular complexity index is 719. The van der Waals surface area contributed by atoms with Crippen molar-refractivity contribution in [2.24, 2.45) is 0 Å². The van der Waals surface area contributed by atoms with Crippen molar-refractivity contribution in [3.8, 4) is 0 Å². The predicted molar refractivity (Wildman–Crippen MR) is 101 cm³/mol. The number of likely N-dealkylation sites (tertiary alicyclic amines) is 1. The number of amides is 1. The van der Waals surface area contributed by atoms with Crippen LogP contribution >= 0.6 is 0 Å². The predicted octanol–water partition coefficient (Wildman–Crippen LogP) is 3.97. The number of carbonyl (C=O) groups excluding carboxylic acids is 2. The van der Waals surface area contributed by atoms with Gasteiger partial charge in [0, 0.05) is 30.8 Å². The Morgan fingerprint density at radius 2 is 1.73 bits per heavy atom. The fourth-order valence-corrected chi connectivity index (χ4v) is 3.15. The molecular formula is C21H24N2O3. The second-order valence-corrected chi connectivity index (χ2v) is 6.50. The SMILES string of the molecule is O=C(Nc1ccccc1)O[C@@H]1CCN(CCCC(=O)c2ccccc2)C1. The van der Waals surface area contributed by atoms with Crippen LogP contribution < -0.4 is 5.32 Å². The first-order chi connectivity index (χ1) is 12.7. The third-order valence-corrected chi connectivity index (χ3v) is 4.50. The molecule has 2 aromatic carbocycles. The van der Waals surface area contributed by atoms with E-state index in [9.17, 15) is 9.59 Å². The van der Waals surface area contributed by atoms with Crippen molar-refractivity contribution < 1.29 is 14.3 Å². The molecule has 1 atom stereocenters. The molecule has 2 aromatic rings. The third-order valence-electron chi connectivity index (χ3n) is 4.50. The molecule has 136 valence electrons. The van der Waals surface area contributed by atoms with Crippen molar-refractivity contribution in [2.75, 3.05) is 25.0 Å². The second kappa shape index (κ2) is 9.15. The lowest BCUT2D eigenvalue weighted by atomic mass is 10.1. The topological polar surface area (TPSA) is 58.6 Å². The van der Waals surface area contributed by atoms with Crippen LogP contribution in [0.25, 0.3) is 0 Å². The summed E-state index contributed by atoms with van der Waals surface area (Å²) >= 11 is 0. The highest BCUT2D eigenvalue weighted by molar-refractivity contribution is 5.95. The molecule has 0 aromatic heterocycles. The van der Waals surface area contributed by atoms with Gasteiger partial charge < -0.3 is 4.74 Å². The van der Waals surface area contributed by atoms with Crippen LogP contribution in [-0.4, -0.2) is 42.5 Å². The molecule has 5 heteroatoms. The minimum Gasteiger partial charge on any atom is -0.445 e. The Hall–Kier alpha value is -2.66. The van der Waals surface area contributed by atoms with Crippen LogP contribution in [0.3, 0.4) is 0 Å². The van der Waals surface area contributed by atoms with E-state index >= 15 is 0 Å². The van der Waals surface area contributed by atoms with Gasteiger partial charge in [0.05, 0.1) is 0 Å². The smallest absolute Gasteiger partial charge is 0.411 e. The van der Waals surface area contributed by atoms with Gasteiger partial charge in [-0.15, -0.1) is 0 Å². The Labute approximate surface area is 154 Å². The van der Waals surface area contributed by atoms with E-state index in [1.165, 1.54) is 0 Å². The minimum atomic E-state index is -0.415. The largest absolute Gasteiger partial charge is 0.445 e. The molecule has 1 heterocycles. The molecule has 0 saturated carbocycles. The molecule has 1 amide bonds. The number of hydrogen-bond donors (Lipinski definition) is 1. The van der Waals surface area contributed by atoms with Crippen molar-refractivity contribution in [1.82, 2.24) is 4.90 Å². The summed E-state index contributed by atoms with van der Waals surface area (Å²) in [6.07, 6.45) is 1.68. The highest BCUT2D eigenvalue weighted by atomic mass is 16.6. The average Bonchev–Trinajstić information content (AvgIpc) is 3.10. The van der Waals surface area contributed by atoms with Crippen LogP contribution in [0.5, 0.6) is 0 Å².